The van der Waals surface area contributed by atoms with E-state index in [1.165, 1.54) is 0 Å². The molecule has 2 aromatic heterocycles. The van der Waals surface area contributed by atoms with Crippen LogP contribution >= 0.6 is 0 Å². The van der Waals surface area contributed by atoms with Gasteiger partial charge in [0, 0.05) is 32.2 Å². The second-order valence-corrected chi connectivity index (χ2v) is 4.52. The molecule has 0 aliphatic carbocycles. The van der Waals surface area contributed by atoms with Crippen LogP contribution < -0.4 is 10.6 Å². The van der Waals surface area contributed by atoms with Crippen LogP contribution in [-0.4, -0.2) is 28.1 Å². The van der Waals surface area contributed by atoms with E-state index in [2.05, 4.69) is 15.1 Å². The van der Waals surface area contributed by atoms with Gasteiger partial charge in [0.05, 0.1) is 5.56 Å². The van der Waals surface area contributed by atoms with Crippen molar-refractivity contribution in [3.05, 3.63) is 53.5 Å². The lowest BCUT2D eigenvalue weighted by molar-refractivity contribution is 0.318. The zero-order chi connectivity index (χ0) is 14.5. The Bertz CT molecular complexity index is 612. The lowest BCUT2D eigenvalue weighted by atomic mass is 10.1. The Hall–Kier alpha value is -2.63. The minimum atomic E-state index is 0.0622. The van der Waals surface area contributed by atoms with Crippen molar-refractivity contribution in [3.63, 3.8) is 0 Å². The zero-order valence-electron chi connectivity index (χ0n) is 11.5. The molecule has 0 aliphatic heterocycles. The fourth-order valence-corrected chi connectivity index (χ4v) is 2.04. The van der Waals surface area contributed by atoms with Crippen molar-refractivity contribution in [1.82, 2.24) is 9.97 Å². The van der Waals surface area contributed by atoms with E-state index in [0.29, 0.717) is 17.9 Å². The van der Waals surface area contributed by atoms with Crippen molar-refractivity contribution >= 4 is 11.7 Å². The summed E-state index contributed by atoms with van der Waals surface area (Å²) in [7, 11) is 1.91. The first-order valence-corrected chi connectivity index (χ1v) is 6.17. The first-order valence-electron chi connectivity index (χ1n) is 6.17. The molecule has 2 heterocycles. The number of hydrogen-bond acceptors (Lipinski definition) is 5. The first kappa shape index (κ1) is 13.8. The normalized spacial score (nSPS) is 11.4. The Morgan fingerprint density at radius 1 is 1.30 bits per heavy atom. The molecule has 0 radical (unpaired) electrons. The molecule has 0 saturated heterocycles. The molecule has 0 saturated carbocycles. The highest BCUT2D eigenvalue weighted by Gasteiger charge is 2.15. The third-order valence-electron chi connectivity index (χ3n) is 3.03. The summed E-state index contributed by atoms with van der Waals surface area (Å²) in [5.74, 6) is 0.740. The van der Waals surface area contributed by atoms with Crippen LogP contribution in [0.4, 0.5) is 5.82 Å². The summed E-state index contributed by atoms with van der Waals surface area (Å²) >= 11 is 0. The van der Waals surface area contributed by atoms with Gasteiger partial charge in [-0.3, -0.25) is 4.98 Å². The molecular formula is C14H17N5O. The Morgan fingerprint density at radius 3 is 2.65 bits per heavy atom. The van der Waals surface area contributed by atoms with Crippen molar-refractivity contribution in [2.24, 2.45) is 10.9 Å². The topological polar surface area (TPSA) is 87.6 Å². The lowest BCUT2D eigenvalue weighted by Gasteiger charge is -2.21. The van der Waals surface area contributed by atoms with Crippen molar-refractivity contribution in [2.45, 2.75) is 13.5 Å². The molecule has 20 heavy (non-hydrogen) atoms. The van der Waals surface area contributed by atoms with Gasteiger partial charge in [-0.2, -0.15) is 0 Å². The quantitative estimate of drug-likeness (QED) is 0.381. The average Bonchev–Trinajstić information content (AvgIpc) is 2.47. The van der Waals surface area contributed by atoms with Crippen LogP contribution in [0.25, 0.3) is 0 Å². The van der Waals surface area contributed by atoms with E-state index in [0.717, 1.165) is 11.1 Å². The standard InChI is InChI=1S/C14H17N5O/c1-10-3-8-17-14(12(10)13(15)18-20)19(2)9-11-4-6-16-7-5-11/h3-8,20H,9H2,1-2H3,(H2,15,18). The van der Waals surface area contributed by atoms with Crippen molar-refractivity contribution in [3.8, 4) is 0 Å². The summed E-state index contributed by atoms with van der Waals surface area (Å²) in [6, 6.07) is 5.71. The van der Waals surface area contributed by atoms with Gasteiger partial charge < -0.3 is 15.8 Å². The predicted octanol–water partition coefficient (Wildman–Crippen LogP) is 1.52. The van der Waals surface area contributed by atoms with Crippen LogP contribution in [0, 0.1) is 6.92 Å². The monoisotopic (exact) mass is 271 g/mol. The van der Waals surface area contributed by atoms with E-state index in [1.54, 1.807) is 18.6 Å². The number of aryl methyl sites for hydroxylation is 1. The highest BCUT2D eigenvalue weighted by atomic mass is 16.4. The SMILES string of the molecule is Cc1ccnc(N(C)Cc2ccncc2)c1/C(N)=N/O. The molecule has 0 atom stereocenters. The number of hydrogen-bond donors (Lipinski definition) is 2. The molecule has 0 aromatic carbocycles. The van der Waals surface area contributed by atoms with Gasteiger partial charge in [-0.25, -0.2) is 4.98 Å². The maximum absolute atomic E-state index is 8.92. The van der Waals surface area contributed by atoms with E-state index in [4.69, 9.17) is 10.9 Å². The van der Waals surface area contributed by atoms with Gasteiger partial charge in [0.25, 0.3) is 0 Å². The van der Waals surface area contributed by atoms with Crippen LogP contribution in [-0.2, 0) is 6.54 Å². The number of anilines is 1. The summed E-state index contributed by atoms with van der Waals surface area (Å²) in [5.41, 5.74) is 8.41. The maximum atomic E-state index is 8.92. The van der Waals surface area contributed by atoms with Crippen LogP contribution in [0.5, 0.6) is 0 Å². The highest BCUT2D eigenvalue weighted by molar-refractivity contribution is 6.02. The summed E-state index contributed by atoms with van der Waals surface area (Å²) in [6.45, 7) is 2.56. The molecule has 0 bridgehead atoms. The molecule has 0 aliphatic rings. The van der Waals surface area contributed by atoms with Gasteiger partial charge in [0.1, 0.15) is 5.82 Å². The molecule has 0 unspecified atom stereocenters. The smallest absolute Gasteiger partial charge is 0.174 e. The molecule has 6 nitrogen and oxygen atoms in total. The van der Waals surface area contributed by atoms with Crippen LogP contribution in [0.3, 0.4) is 0 Å². The molecule has 0 amide bonds. The summed E-state index contributed by atoms with van der Waals surface area (Å²) in [5, 5.41) is 12.0. The highest BCUT2D eigenvalue weighted by Crippen LogP contribution is 2.21. The second-order valence-electron chi connectivity index (χ2n) is 4.52. The van der Waals surface area contributed by atoms with E-state index in [1.807, 2.05) is 37.1 Å². The molecular weight excluding hydrogens is 254 g/mol. The van der Waals surface area contributed by atoms with Crippen LogP contribution in [0.1, 0.15) is 16.7 Å². The molecule has 104 valence electrons. The van der Waals surface area contributed by atoms with E-state index >= 15 is 0 Å². The van der Waals surface area contributed by atoms with Gasteiger partial charge in [-0.1, -0.05) is 5.16 Å². The molecule has 2 aromatic rings. The molecule has 0 fully saturated rings. The van der Waals surface area contributed by atoms with Gasteiger partial charge in [-0.05, 0) is 36.2 Å². The van der Waals surface area contributed by atoms with Crippen LogP contribution in [0.15, 0.2) is 41.9 Å². The molecule has 3 N–H and O–H groups in total. The molecule has 0 spiro atoms. The molecule has 6 heteroatoms. The third kappa shape index (κ3) is 2.85. The number of nitrogens with zero attached hydrogens (tertiary/aromatic N) is 4. The summed E-state index contributed by atoms with van der Waals surface area (Å²) in [4.78, 5) is 10.3. The number of aromatic nitrogens is 2. The fourth-order valence-electron chi connectivity index (χ4n) is 2.04. The van der Waals surface area contributed by atoms with Gasteiger partial charge in [0.2, 0.25) is 0 Å². The van der Waals surface area contributed by atoms with E-state index < -0.39 is 0 Å². The summed E-state index contributed by atoms with van der Waals surface area (Å²) < 4.78 is 0. The largest absolute Gasteiger partial charge is 0.409 e. The fraction of sp³-hybridized carbons (Fsp3) is 0.214. The van der Waals surface area contributed by atoms with Crippen molar-refractivity contribution in [1.29, 1.82) is 0 Å². The maximum Gasteiger partial charge on any atom is 0.174 e. The van der Waals surface area contributed by atoms with Crippen molar-refractivity contribution in [2.75, 3.05) is 11.9 Å². The number of pyridine rings is 2. The molecule has 2 rings (SSSR count). The Kier molecular flexibility index (Phi) is 4.14. The number of rotatable bonds is 4. The van der Waals surface area contributed by atoms with Gasteiger partial charge >= 0.3 is 0 Å². The Balaban J connectivity index is 2.35. The van der Waals surface area contributed by atoms with E-state index in [9.17, 15) is 0 Å². The van der Waals surface area contributed by atoms with Gasteiger partial charge in [-0.15, -0.1) is 0 Å². The van der Waals surface area contributed by atoms with Gasteiger partial charge in [0.15, 0.2) is 5.84 Å². The van der Waals surface area contributed by atoms with Crippen molar-refractivity contribution < 1.29 is 5.21 Å². The van der Waals surface area contributed by atoms with E-state index in [-0.39, 0.29) is 5.84 Å². The second kappa shape index (κ2) is 6.01. The first-order chi connectivity index (χ1) is 9.63. The lowest BCUT2D eigenvalue weighted by Crippen LogP contribution is -2.24. The Labute approximate surface area is 117 Å². The predicted molar refractivity (Wildman–Crippen MR) is 77.8 cm³/mol. The number of amidine groups is 1. The number of oxime groups is 1. The zero-order valence-corrected chi connectivity index (χ0v) is 11.5. The average molecular weight is 271 g/mol. The summed E-state index contributed by atoms with van der Waals surface area (Å²) in [6.07, 6.45) is 5.20. The van der Waals surface area contributed by atoms with Crippen LogP contribution in [0.2, 0.25) is 0 Å². The third-order valence-corrected chi connectivity index (χ3v) is 3.03. The minimum Gasteiger partial charge on any atom is -0.409 e. The Morgan fingerprint density at radius 2 is 2.00 bits per heavy atom. The number of nitrogens with two attached hydrogens (primary N) is 1. The minimum absolute atomic E-state index is 0.0622.